The van der Waals surface area contributed by atoms with Gasteiger partial charge in [-0.15, -0.1) is 10.2 Å². The average molecular weight is 540 g/mol. The summed E-state index contributed by atoms with van der Waals surface area (Å²) in [4.78, 5) is 12.3. The van der Waals surface area contributed by atoms with Gasteiger partial charge >= 0.3 is 0 Å². The smallest absolute Gasteiger partial charge is 0.250 e. The van der Waals surface area contributed by atoms with Crippen molar-refractivity contribution < 1.29 is 13.9 Å². The van der Waals surface area contributed by atoms with Crippen LogP contribution in [0.1, 0.15) is 5.56 Å². The molecule has 1 aromatic heterocycles. The molecule has 10 heteroatoms. The number of halogens is 2. The lowest BCUT2D eigenvalue weighted by Crippen LogP contribution is -2.20. The number of methoxy groups -OCH3 is 1. The Hall–Kier alpha value is -3.50. The van der Waals surface area contributed by atoms with E-state index in [9.17, 15) is 9.18 Å². The van der Waals surface area contributed by atoms with Gasteiger partial charge < -0.3 is 4.74 Å². The first kappa shape index (κ1) is 23.7. The highest BCUT2D eigenvalue weighted by Gasteiger charge is 2.17. The lowest BCUT2D eigenvalue weighted by atomic mass is 10.2. The Morgan fingerprint density at radius 3 is 2.65 bits per heavy atom. The zero-order chi connectivity index (χ0) is 23.9. The molecule has 4 aromatic rings. The first-order chi connectivity index (χ1) is 16.5. The molecule has 0 bridgehead atoms. The van der Waals surface area contributed by atoms with E-state index in [2.05, 4.69) is 36.7 Å². The van der Waals surface area contributed by atoms with Crippen LogP contribution < -0.4 is 10.2 Å². The number of hydrogen-bond donors (Lipinski definition) is 1. The second-order valence-corrected chi connectivity index (χ2v) is 8.81. The van der Waals surface area contributed by atoms with E-state index in [4.69, 9.17) is 4.74 Å². The van der Waals surface area contributed by atoms with Gasteiger partial charge in [-0.2, -0.15) is 5.10 Å². The lowest BCUT2D eigenvalue weighted by molar-refractivity contribution is -0.118. The van der Waals surface area contributed by atoms with E-state index >= 15 is 0 Å². The monoisotopic (exact) mass is 539 g/mol. The number of aromatic nitrogens is 3. The molecule has 34 heavy (non-hydrogen) atoms. The van der Waals surface area contributed by atoms with Crippen molar-refractivity contribution in [3.05, 3.63) is 88.6 Å². The fourth-order valence-corrected chi connectivity index (χ4v) is 4.17. The predicted molar refractivity (Wildman–Crippen MR) is 134 cm³/mol. The van der Waals surface area contributed by atoms with Crippen molar-refractivity contribution in [1.82, 2.24) is 20.2 Å². The quantitative estimate of drug-likeness (QED) is 0.191. The SMILES string of the molecule is COc1ccc(-c2nnc(SCC(=O)N/N=C\c3cc(Br)ccc3F)n2-c2ccccc2)cc1. The zero-order valence-electron chi connectivity index (χ0n) is 18.0. The number of nitrogens with one attached hydrogen (secondary N) is 1. The molecule has 0 atom stereocenters. The van der Waals surface area contributed by atoms with Crippen molar-refractivity contribution in [1.29, 1.82) is 0 Å². The fraction of sp³-hybridized carbons (Fsp3) is 0.0833. The third kappa shape index (κ3) is 5.70. The Bertz CT molecular complexity index is 1310. The summed E-state index contributed by atoms with van der Waals surface area (Å²) < 4.78 is 21.6. The van der Waals surface area contributed by atoms with Gasteiger partial charge in [0.05, 0.1) is 19.1 Å². The molecule has 0 saturated carbocycles. The van der Waals surface area contributed by atoms with Gasteiger partial charge in [0.15, 0.2) is 11.0 Å². The molecule has 7 nitrogen and oxygen atoms in total. The average Bonchev–Trinajstić information content (AvgIpc) is 3.29. The highest BCUT2D eigenvalue weighted by molar-refractivity contribution is 9.10. The standard InChI is InChI=1S/C24H19BrFN5O2S/c1-33-20-10-7-16(8-11-20)23-29-30-24(31(23)19-5-3-2-4-6-19)34-15-22(32)28-27-14-17-13-18(25)9-12-21(17)26/h2-14H,15H2,1H3,(H,28,32)/b27-14-. The van der Waals surface area contributed by atoms with E-state index < -0.39 is 5.82 Å². The highest BCUT2D eigenvalue weighted by Crippen LogP contribution is 2.29. The molecule has 1 N–H and O–H groups in total. The van der Waals surface area contributed by atoms with E-state index in [0.29, 0.717) is 15.5 Å². The third-order valence-corrected chi connectivity index (χ3v) is 6.10. The number of para-hydroxylation sites is 1. The summed E-state index contributed by atoms with van der Waals surface area (Å²) in [5.41, 5.74) is 4.40. The minimum Gasteiger partial charge on any atom is -0.497 e. The van der Waals surface area contributed by atoms with Crippen molar-refractivity contribution in [2.24, 2.45) is 5.10 Å². The molecule has 0 aliphatic heterocycles. The molecule has 4 rings (SSSR count). The van der Waals surface area contributed by atoms with Crippen molar-refractivity contribution in [3.63, 3.8) is 0 Å². The van der Waals surface area contributed by atoms with Gasteiger partial charge in [-0.1, -0.05) is 45.9 Å². The Morgan fingerprint density at radius 1 is 1.15 bits per heavy atom. The van der Waals surface area contributed by atoms with Crippen LogP contribution in [0.4, 0.5) is 4.39 Å². The molecule has 0 fully saturated rings. The Morgan fingerprint density at radius 2 is 1.91 bits per heavy atom. The van der Waals surface area contributed by atoms with Crippen LogP contribution in [0, 0.1) is 5.82 Å². The Kier molecular flexibility index (Phi) is 7.71. The van der Waals surface area contributed by atoms with Gasteiger partial charge in [0.2, 0.25) is 0 Å². The predicted octanol–water partition coefficient (Wildman–Crippen LogP) is 5.09. The van der Waals surface area contributed by atoms with Gasteiger partial charge in [-0.25, -0.2) is 9.82 Å². The van der Waals surface area contributed by atoms with E-state index in [-0.39, 0.29) is 17.2 Å². The summed E-state index contributed by atoms with van der Waals surface area (Å²) in [6.07, 6.45) is 1.26. The Balaban J connectivity index is 1.50. The van der Waals surface area contributed by atoms with E-state index in [1.807, 2.05) is 59.2 Å². The van der Waals surface area contributed by atoms with Crippen LogP contribution in [0.3, 0.4) is 0 Å². The molecule has 0 unspecified atom stereocenters. The number of amides is 1. The largest absolute Gasteiger partial charge is 0.497 e. The number of hydrazone groups is 1. The molecule has 3 aromatic carbocycles. The number of hydrogen-bond acceptors (Lipinski definition) is 6. The molecule has 0 aliphatic carbocycles. The van der Waals surface area contributed by atoms with Gasteiger partial charge in [0.25, 0.3) is 5.91 Å². The van der Waals surface area contributed by atoms with Gasteiger partial charge in [-0.05, 0) is 54.6 Å². The fourth-order valence-electron chi connectivity index (χ4n) is 3.05. The summed E-state index contributed by atoms with van der Waals surface area (Å²) in [5.74, 6) is 0.637. The number of carbonyl (C=O) groups excluding carboxylic acids is 1. The molecule has 172 valence electrons. The molecule has 0 radical (unpaired) electrons. The molecular formula is C24H19BrFN5O2S. The summed E-state index contributed by atoms with van der Waals surface area (Å²) in [7, 11) is 1.61. The van der Waals surface area contributed by atoms with Crippen LogP contribution in [0.2, 0.25) is 0 Å². The second-order valence-electron chi connectivity index (χ2n) is 6.95. The van der Waals surface area contributed by atoms with Crippen molar-refractivity contribution >= 4 is 39.8 Å². The number of rotatable bonds is 8. The normalized spacial score (nSPS) is 11.0. The van der Waals surface area contributed by atoms with Crippen molar-refractivity contribution in [2.45, 2.75) is 5.16 Å². The summed E-state index contributed by atoms with van der Waals surface area (Å²) >= 11 is 4.50. The third-order valence-electron chi connectivity index (χ3n) is 4.68. The molecular weight excluding hydrogens is 521 g/mol. The molecule has 1 heterocycles. The first-order valence-electron chi connectivity index (χ1n) is 10.1. The maximum Gasteiger partial charge on any atom is 0.250 e. The lowest BCUT2D eigenvalue weighted by Gasteiger charge is -2.10. The van der Waals surface area contributed by atoms with Crippen LogP contribution in [0.25, 0.3) is 17.1 Å². The van der Waals surface area contributed by atoms with Gasteiger partial charge in [0, 0.05) is 21.3 Å². The zero-order valence-corrected chi connectivity index (χ0v) is 20.4. The molecule has 0 saturated heterocycles. The maximum absolute atomic E-state index is 13.8. The summed E-state index contributed by atoms with van der Waals surface area (Å²) in [6.45, 7) is 0. The van der Waals surface area contributed by atoms with Crippen LogP contribution in [-0.2, 0) is 4.79 Å². The number of carbonyl (C=O) groups is 1. The maximum atomic E-state index is 13.8. The number of thioether (sulfide) groups is 1. The Labute approximate surface area is 208 Å². The van der Waals surface area contributed by atoms with E-state index in [1.54, 1.807) is 19.2 Å². The first-order valence-corrected chi connectivity index (χ1v) is 11.9. The van der Waals surface area contributed by atoms with Gasteiger partial charge in [-0.3, -0.25) is 9.36 Å². The van der Waals surface area contributed by atoms with Gasteiger partial charge in [0.1, 0.15) is 11.6 Å². The number of benzene rings is 3. The van der Waals surface area contributed by atoms with E-state index in [1.165, 1.54) is 24.0 Å². The van der Waals surface area contributed by atoms with Crippen LogP contribution in [-0.4, -0.2) is 39.7 Å². The van der Waals surface area contributed by atoms with Crippen LogP contribution in [0.15, 0.2) is 87.5 Å². The summed E-state index contributed by atoms with van der Waals surface area (Å²) in [6, 6.07) is 21.6. The minimum atomic E-state index is -0.433. The molecule has 1 amide bonds. The topological polar surface area (TPSA) is 81.4 Å². The van der Waals surface area contributed by atoms with Crippen LogP contribution >= 0.6 is 27.7 Å². The summed E-state index contributed by atoms with van der Waals surface area (Å²) in [5, 5.41) is 13.1. The number of nitrogens with zero attached hydrogens (tertiary/aromatic N) is 4. The molecule has 0 spiro atoms. The minimum absolute atomic E-state index is 0.0475. The second kappa shape index (κ2) is 11.1. The van der Waals surface area contributed by atoms with Crippen molar-refractivity contribution in [3.8, 4) is 22.8 Å². The highest BCUT2D eigenvalue weighted by atomic mass is 79.9. The van der Waals surface area contributed by atoms with Crippen molar-refractivity contribution in [2.75, 3.05) is 12.9 Å². The van der Waals surface area contributed by atoms with E-state index in [0.717, 1.165) is 17.0 Å². The van der Waals surface area contributed by atoms with Crippen LogP contribution in [0.5, 0.6) is 5.75 Å². The molecule has 0 aliphatic rings. The number of ether oxygens (including phenoxy) is 1.